The van der Waals surface area contributed by atoms with Crippen LogP contribution < -0.4 is 5.11 Å². The lowest BCUT2D eigenvalue weighted by molar-refractivity contribution is -0.307. The van der Waals surface area contributed by atoms with Gasteiger partial charge in [-0.25, -0.2) is 0 Å². The Labute approximate surface area is 59.8 Å². The Kier molecular flexibility index (Phi) is 2.50. The van der Waals surface area contributed by atoms with Crippen molar-refractivity contribution in [2.75, 3.05) is 0 Å². The fourth-order valence-electron chi connectivity index (χ4n) is 0.354. The van der Waals surface area contributed by atoms with E-state index in [1.807, 2.05) is 0 Å². The highest BCUT2D eigenvalue weighted by Gasteiger charge is 2.22. The summed E-state index contributed by atoms with van der Waals surface area (Å²) in [5, 5.41) is 9.20. The van der Waals surface area contributed by atoms with Gasteiger partial charge in [-0.3, -0.25) is 0 Å². The van der Waals surface area contributed by atoms with Gasteiger partial charge >= 0.3 is 0 Å². The van der Waals surface area contributed by atoms with Gasteiger partial charge in [-0.05, 0) is 5.41 Å². The van der Waals surface area contributed by atoms with E-state index in [0.717, 1.165) is 0 Å². The Bertz CT molecular complexity index is 115. The second-order valence-electron chi connectivity index (χ2n) is 3.05. The molecule has 0 bridgehead atoms. The lowest BCUT2D eigenvalue weighted by Gasteiger charge is -2.25. The van der Waals surface area contributed by atoms with Gasteiger partial charge in [-0.1, -0.05) is 20.8 Å². The van der Waals surface area contributed by atoms with Crippen molar-refractivity contribution in [3.63, 3.8) is 0 Å². The first-order valence-corrected chi connectivity index (χ1v) is 3.14. The molecule has 54 valence electrons. The highest BCUT2D eigenvalue weighted by molar-refractivity contribution is 6.29. The summed E-state index contributed by atoms with van der Waals surface area (Å²) >= 11 is 5.43. The fraction of sp³-hybridized carbons (Fsp3) is 0.833. The molecular formula is C6H10ClO2-. The molecule has 3 heteroatoms. The second-order valence-corrected chi connectivity index (χ2v) is 3.48. The monoisotopic (exact) mass is 149 g/mol. The molecule has 0 fully saturated rings. The molecule has 0 amide bonds. The van der Waals surface area contributed by atoms with Crippen molar-refractivity contribution < 1.29 is 9.90 Å². The number of carbonyl (C=O) groups is 1. The lowest BCUT2D eigenvalue weighted by atomic mass is 9.92. The Morgan fingerprint density at radius 1 is 1.56 bits per heavy atom. The van der Waals surface area contributed by atoms with E-state index in [4.69, 9.17) is 11.6 Å². The SMILES string of the molecule is CC(C)(C)C(Cl)C(=O)[O-]. The van der Waals surface area contributed by atoms with E-state index in [2.05, 4.69) is 0 Å². The Morgan fingerprint density at radius 2 is 1.89 bits per heavy atom. The highest BCUT2D eigenvalue weighted by Crippen LogP contribution is 2.23. The molecule has 2 nitrogen and oxygen atoms in total. The first kappa shape index (κ1) is 8.76. The molecule has 1 unspecified atom stereocenters. The van der Waals surface area contributed by atoms with Gasteiger partial charge in [-0.2, -0.15) is 0 Å². The summed E-state index contributed by atoms with van der Waals surface area (Å²) in [5.41, 5.74) is -0.416. The van der Waals surface area contributed by atoms with Gasteiger partial charge in [0.15, 0.2) is 0 Å². The maximum atomic E-state index is 10.1. The zero-order valence-electron chi connectivity index (χ0n) is 5.77. The fourth-order valence-corrected chi connectivity index (χ4v) is 0.354. The number of alkyl halides is 1. The number of aliphatic carboxylic acids is 1. The number of carboxylic acid groups (broad SMARTS) is 1. The highest BCUT2D eigenvalue weighted by atomic mass is 35.5. The van der Waals surface area contributed by atoms with Crippen LogP contribution in [0.1, 0.15) is 20.8 Å². The van der Waals surface area contributed by atoms with Gasteiger partial charge in [-0.15, -0.1) is 11.6 Å². The molecular weight excluding hydrogens is 140 g/mol. The number of halogens is 1. The van der Waals surface area contributed by atoms with Crippen LogP contribution in [0.3, 0.4) is 0 Å². The van der Waals surface area contributed by atoms with E-state index >= 15 is 0 Å². The average molecular weight is 150 g/mol. The van der Waals surface area contributed by atoms with Crippen LogP contribution in [0.5, 0.6) is 0 Å². The first-order chi connectivity index (χ1) is 3.85. The maximum Gasteiger partial charge on any atom is 0.0778 e. The summed E-state index contributed by atoms with van der Waals surface area (Å²) in [6, 6.07) is 0. The van der Waals surface area contributed by atoms with E-state index in [1.54, 1.807) is 20.8 Å². The minimum absolute atomic E-state index is 0.416. The van der Waals surface area contributed by atoms with Gasteiger partial charge in [0.25, 0.3) is 0 Å². The Balaban J connectivity index is 4.04. The van der Waals surface area contributed by atoms with Crippen LogP contribution in [0, 0.1) is 5.41 Å². The van der Waals surface area contributed by atoms with Crippen molar-refractivity contribution in [2.24, 2.45) is 5.41 Å². The van der Waals surface area contributed by atoms with Crippen molar-refractivity contribution >= 4 is 17.6 Å². The van der Waals surface area contributed by atoms with E-state index in [-0.39, 0.29) is 0 Å². The van der Waals surface area contributed by atoms with Gasteiger partial charge in [0.05, 0.1) is 11.3 Å². The van der Waals surface area contributed by atoms with Crippen LogP contribution in [-0.2, 0) is 4.79 Å². The summed E-state index contributed by atoms with van der Waals surface area (Å²) < 4.78 is 0. The van der Waals surface area contributed by atoms with Crippen molar-refractivity contribution in [1.29, 1.82) is 0 Å². The maximum absolute atomic E-state index is 10.1. The van der Waals surface area contributed by atoms with Crippen LogP contribution in [0.2, 0.25) is 0 Å². The second kappa shape index (κ2) is 2.56. The standard InChI is InChI=1S/C6H11ClO2/c1-6(2,3)4(7)5(8)9/h4H,1-3H3,(H,8,9)/p-1. The molecule has 0 aromatic heterocycles. The van der Waals surface area contributed by atoms with E-state index in [0.29, 0.717) is 0 Å². The lowest BCUT2D eigenvalue weighted by Crippen LogP contribution is -2.39. The molecule has 0 rings (SSSR count). The molecule has 1 atom stereocenters. The summed E-state index contributed by atoms with van der Waals surface area (Å²) in [6.45, 7) is 5.25. The minimum atomic E-state index is -1.20. The predicted molar refractivity (Wildman–Crippen MR) is 34.1 cm³/mol. The van der Waals surface area contributed by atoms with Crippen molar-refractivity contribution in [1.82, 2.24) is 0 Å². The average Bonchev–Trinajstić information content (AvgIpc) is 1.62. The van der Waals surface area contributed by atoms with Crippen molar-refractivity contribution in [3.8, 4) is 0 Å². The van der Waals surface area contributed by atoms with Gasteiger partial charge in [0, 0.05) is 0 Å². The molecule has 0 aromatic carbocycles. The zero-order chi connectivity index (χ0) is 7.65. The molecule has 0 radical (unpaired) electrons. The van der Waals surface area contributed by atoms with Gasteiger partial charge in [0.1, 0.15) is 0 Å². The summed E-state index contributed by atoms with van der Waals surface area (Å²) in [4.78, 5) is 10.1. The smallest absolute Gasteiger partial charge is 0.0778 e. The quantitative estimate of drug-likeness (QED) is 0.506. The normalized spacial score (nSPS) is 15.1. The van der Waals surface area contributed by atoms with Crippen molar-refractivity contribution in [3.05, 3.63) is 0 Å². The van der Waals surface area contributed by atoms with E-state index < -0.39 is 16.8 Å². The Morgan fingerprint density at radius 3 is 1.89 bits per heavy atom. The van der Waals surface area contributed by atoms with Crippen molar-refractivity contribution in [2.45, 2.75) is 26.1 Å². The molecule has 0 aliphatic carbocycles. The van der Waals surface area contributed by atoms with Crippen LogP contribution in [0.4, 0.5) is 0 Å². The molecule has 0 saturated carbocycles. The number of carbonyl (C=O) groups excluding carboxylic acids is 1. The number of carboxylic acids is 1. The number of hydrogen-bond donors (Lipinski definition) is 0. The third-order valence-corrected chi connectivity index (χ3v) is 1.80. The largest absolute Gasteiger partial charge is 0.549 e. The van der Waals surface area contributed by atoms with Gasteiger partial charge < -0.3 is 9.90 Å². The Hall–Kier alpha value is -0.240. The van der Waals surface area contributed by atoms with Crippen LogP contribution in [0.15, 0.2) is 0 Å². The van der Waals surface area contributed by atoms with Crippen LogP contribution in [-0.4, -0.2) is 11.3 Å². The summed E-state index contributed by atoms with van der Waals surface area (Å²) in [5.74, 6) is -1.20. The topological polar surface area (TPSA) is 40.1 Å². The molecule has 0 aliphatic heterocycles. The van der Waals surface area contributed by atoms with E-state index in [9.17, 15) is 9.90 Å². The minimum Gasteiger partial charge on any atom is -0.549 e. The summed E-state index contributed by atoms with van der Waals surface area (Å²) in [6.07, 6.45) is 0. The third-order valence-electron chi connectivity index (χ3n) is 0.967. The molecule has 0 saturated heterocycles. The molecule has 0 spiro atoms. The molecule has 0 aliphatic rings. The molecule has 9 heavy (non-hydrogen) atoms. The van der Waals surface area contributed by atoms with Crippen LogP contribution >= 0.6 is 11.6 Å². The molecule has 0 heterocycles. The number of rotatable bonds is 1. The predicted octanol–water partition coefficient (Wildman–Crippen LogP) is 0.390. The zero-order valence-corrected chi connectivity index (χ0v) is 6.53. The van der Waals surface area contributed by atoms with E-state index in [1.165, 1.54) is 0 Å². The molecule has 0 aromatic rings. The third kappa shape index (κ3) is 2.70. The number of hydrogen-bond acceptors (Lipinski definition) is 2. The molecule has 0 N–H and O–H groups in total. The first-order valence-electron chi connectivity index (χ1n) is 2.70. The van der Waals surface area contributed by atoms with Gasteiger partial charge in [0.2, 0.25) is 0 Å². The van der Waals surface area contributed by atoms with Crippen LogP contribution in [0.25, 0.3) is 0 Å². The summed E-state index contributed by atoms with van der Waals surface area (Å²) in [7, 11) is 0.